The van der Waals surface area contributed by atoms with Crippen LogP contribution in [0.25, 0.3) is 10.9 Å². The van der Waals surface area contributed by atoms with E-state index in [1.54, 1.807) is 12.1 Å². The van der Waals surface area contributed by atoms with Crippen molar-refractivity contribution in [3.63, 3.8) is 0 Å². The highest BCUT2D eigenvalue weighted by molar-refractivity contribution is 6.22. The van der Waals surface area contributed by atoms with Gasteiger partial charge in [0.2, 0.25) is 0 Å². The number of benzene rings is 3. The molecule has 0 saturated carbocycles. The molecule has 6 nitrogen and oxygen atoms in total. The van der Waals surface area contributed by atoms with Gasteiger partial charge in [0.25, 0.3) is 0 Å². The number of hydrogen-bond donors (Lipinski definition) is 2. The number of ether oxygens (including phenoxy) is 1. The molecule has 0 spiro atoms. The molecule has 0 radical (unpaired) electrons. The smallest absolute Gasteiger partial charge is 0.199 e. The summed E-state index contributed by atoms with van der Waals surface area (Å²) in [5.74, 6) is 0.924. The maximum atomic E-state index is 10.9. The third kappa shape index (κ3) is 4.07. The molecule has 0 saturated heterocycles. The van der Waals surface area contributed by atoms with Crippen molar-refractivity contribution in [2.24, 2.45) is 4.99 Å². The predicted octanol–water partition coefficient (Wildman–Crippen LogP) is 4.91. The van der Waals surface area contributed by atoms with Crippen LogP contribution in [0.5, 0.6) is 11.6 Å². The zero-order chi connectivity index (χ0) is 22.9. The molecule has 1 aliphatic rings. The summed E-state index contributed by atoms with van der Waals surface area (Å²) >= 11 is 0. The van der Waals surface area contributed by atoms with Gasteiger partial charge in [-0.1, -0.05) is 18.2 Å². The van der Waals surface area contributed by atoms with Crippen molar-refractivity contribution in [2.45, 2.75) is 13.0 Å². The number of rotatable bonds is 5. The number of aromatic hydroxyl groups is 1. The van der Waals surface area contributed by atoms with E-state index in [1.165, 1.54) is 5.56 Å². The molecule has 4 aromatic rings. The maximum Gasteiger partial charge on any atom is 0.199 e. The van der Waals surface area contributed by atoms with Gasteiger partial charge < -0.3 is 19.7 Å². The zero-order valence-electron chi connectivity index (χ0n) is 18.6. The third-order valence-electron chi connectivity index (χ3n) is 5.78. The average molecular weight is 437 g/mol. The van der Waals surface area contributed by atoms with Crippen molar-refractivity contribution >= 4 is 22.3 Å². The van der Waals surface area contributed by atoms with Crippen LogP contribution in [0.1, 0.15) is 27.8 Å². The Morgan fingerprint density at radius 1 is 1.12 bits per heavy atom. The van der Waals surface area contributed by atoms with Crippen LogP contribution in [-0.2, 0) is 13.0 Å². The van der Waals surface area contributed by atoms with Crippen molar-refractivity contribution in [3.05, 3.63) is 88.5 Å². The molecule has 0 amide bonds. The van der Waals surface area contributed by atoms with Gasteiger partial charge in [0.05, 0.1) is 40.7 Å². The van der Waals surface area contributed by atoms with Gasteiger partial charge in [-0.15, -0.1) is 0 Å². The fourth-order valence-corrected chi connectivity index (χ4v) is 4.26. The Morgan fingerprint density at radius 3 is 2.70 bits per heavy atom. The lowest BCUT2D eigenvalue weighted by molar-refractivity contribution is 0.357. The first-order valence-electron chi connectivity index (χ1n) is 10.9. The number of fused-ring (bicyclic) bond motifs is 2. The van der Waals surface area contributed by atoms with Crippen LogP contribution < -0.4 is 4.74 Å². The molecule has 3 aromatic carbocycles. The van der Waals surface area contributed by atoms with Crippen LogP contribution in [0.4, 0.5) is 5.69 Å². The SMILES string of the molecule is CN(C)Cc1ccc(N=C(c2ccc3c(c2)CCO3)c2c(O)[nH]c3cc(C#N)ccc23)cc1. The van der Waals surface area contributed by atoms with E-state index in [-0.39, 0.29) is 5.88 Å². The van der Waals surface area contributed by atoms with Gasteiger partial charge in [-0.2, -0.15) is 5.26 Å². The van der Waals surface area contributed by atoms with Crippen molar-refractivity contribution in [2.75, 3.05) is 20.7 Å². The highest BCUT2D eigenvalue weighted by Gasteiger charge is 2.21. The summed E-state index contributed by atoms with van der Waals surface area (Å²) < 4.78 is 5.68. The van der Waals surface area contributed by atoms with E-state index < -0.39 is 0 Å². The quantitative estimate of drug-likeness (QED) is 0.435. The first kappa shape index (κ1) is 20.8. The summed E-state index contributed by atoms with van der Waals surface area (Å²) in [5.41, 5.74) is 6.54. The highest BCUT2D eigenvalue weighted by atomic mass is 16.5. The lowest BCUT2D eigenvalue weighted by Crippen LogP contribution is -2.10. The lowest BCUT2D eigenvalue weighted by atomic mass is 9.98. The minimum absolute atomic E-state index is 0.0276. The van der Waals surface area contributed by atoms with Crippen molar-refractivity contribution in [1.29, 1.82) is 5.26 Å². The molecule has 0 bridgehead atoms. The molecular formula is C27H24N4O2. The highest BCUT2D eigenvalue weighted by Crippen LogP contribution is 2.34. The van der Waals surface area contributed by atoms with E-state index in [0.717, 1.165) is 40.9 Å². The minimum Gasteiger partial charge on any atom is -0.494 e. The topological polar surface area (TPSA) is 84.6 Å². The largest absolute Gasteiger partial charge is 0.494 e. The Kier molecular flexibility index (Phi) is 5.33. The summed E-state index contributed by atoms with van der Waals surface area (Å²) in [6.07, 6.45) is 0.848. The van der Waals surface area contributed by atoms with E-state index in [2.05, 4.69) is 34.2 Å². The Labute approximate surface area is 192 Å². The maximum absolute atomic E-state index is 10.9. The first-order chi connectivity index (χ1) is 16.0. The van der Waals surface area contributed by atoms with Gasteiger partial charge in [-0.25, -0.2) is 4.99 Å². The fraction of sp³-hybridized carbons (Fsp3) is 0.185. The van der Waals surface area contributed by atoms with Gasteiger partial charge >= 0.3 is 0 Å². The van der Waals surface area contributed by atoms with Gasteiger partial charge in [-0.05, 0) is 67.7 Å². The molecule has 1 aliphatic heterocycles. The molecular weight excluding hydrogens is 412 g/mol. The van der Waals surface area contributed by atoms with Crippen LogP contribution in [0.2, 0.25) is 0 Å². The van der Waals surface area contributed by atoms with E-state index in [0.29, 0.717) is 29.0 Å². The Balaban J connectivity index is 1.67. The summed E-state index contributed by atoms with van der Waals surface area (Å²) in [7, 11) is 4.08. The second-order valence-corrected chi connectivity index (χ2v) is 8.51. The number of aromatic nitrogens is 1. The molecule has 0 atom stereocenters. The predicted molar refractivity (Wildman–Crippen MR) is 129 cm³/mol. The van der Waals surface area contributed by atoms with Crippen molar-refractivity contribution in [3.8, 4) is 17.7 Å². The Bertz CT molecular complexity index is 1410. The summed E-state index contributed by atoms with van der Waals surface area (Å²) in [6.45, 7) is 1.53. The molecule has 0 aliphatic carbocycles. The average Bonchev–Trinajstić information content (AvgIpc) is 3.40. The lowest BCUT2D eigenvalue weighted by Gasteiger charge is -2.11. The molecule has 2 N–H and O–H groups in total. The van der Waals surface area contributed by atoms with E-state index >= 15 is 0 Å². The van der Waals surface area contributed by atoms with Gasteiger partial charge in [0.1, 0.15) is 5.75 Å². The van der Waals surface area contributed by atoms with Crippen LogP contribution >= 0.6 is 0 Å². The number of H-pyrrole nitrogens is 1. The molecule has 164 valence electrons. The normalized spacial score (nSPS) is 13.2. The minimum atomic E-state index is 0.0276. The number of nitrogens with one attached hydrogen (secondary N) is 1. The van der Waals surface area contributed by atoms with E-state index in [9.17, 15) is 10.4 Å². The van der Waals surface area contributed by atoms with Gasteiger partial charge in [-0.3, -0.25) is 0 Å². The number of aromatic amines is 1. The monoisotopic (exact) mass is 436 g/mol. The van der Waals surface area contributed by atoms with Crippen molar-refractivity contribution < 1.29 is 9.84 Å². The third-order valence-corrected chi connectivity index (χ3v) is 5.78. The second-order valence-electron chi connectivity index (χ2n) is 8.51. The molecule has 2 heterocycles. The second kappa shape index (κ2) is 8.45. The summed E-state index contributed by atoms with van der Waals surface area (Å²) in [5, 5.41) is 21.0. The van der Waals surface area contributed by atoms with E-state index in [4.69, 9.17) is 9.73 Å². The van der Waals surface area contributed by atoms with E-state index in [1.807, 2.05) is 44.4 Å². The number of nitriles is 1. The van der Waals surface area contributed by atoms with Crippen molar-refractivity contribution in [1.82, 2.24) is 9.88 Å². The molecule has 0 unspecified atom stereocenters. The zero-order valence-corrected chi connectivity index (χ0v) is 18.6. The Morgan fingerprint density at radius 2 is 1.94 bits per heavy atom. The van der Waals surface area contributed by atoms with Crippen LogP contribution in [0.3, 0.4) is 0 Å². The van der Waals surface area contributed by atoms with Gasteiger partial charge in [0.15, 0.2) is 5.88 Å². The molecule has 0 fully saturated rings. The molecule has 1 aromatic heterocycles. The molecule has 5 rings (SSSR count). The Hall–Kier alpha value is -4.08. The fourth-order valence-electron chi connectivity index (χ4n) is 4.26. The number of hydrogen-bond acceptors (Lipinski definition) is 5. The van der Waals surface area contributed by atoms with Crippen LogP contribution in [0.15, 0.2) is 65.7 Å². The summed E-state index contributed by atoms with van der Waals surface area (Å²) in [4.78, 5) is 10.1. The summed E-state index contributed by atoms with van der Waals surface area (Å²) in [6, 6.07) is 21.7. The molecule has 6 heteroatoms. The first-order valence-corrected chi connectivity index (χ1v) is 10.9. The standard InChI is InChI=1S/C27H24N4O2/c1-31(2)16-17-3-7-21(8-4-17)29-26(20-6-10-24-19(14-20)11-12-33-24)25-22-9-5-18(15-28)13-23(22)30-27(25)32/h3-10,13-14,30,32H,11-12,16H2,1-2H3. The van der Waals surface area contributed by atoms with Gasteiger partial charge in [0, 0.05) is 23.9 Å². The number of nitrogens with zero attached hydrogens (tertiary/aromatic N) is 3. The number of aliphatic imine (C=N–C) groups is 1. The van der Waals surface area contributed by atoms with Crippen LogP contribution in [-0.4, -0.2) is 41.4 Å². The van der Waals surface area contributed by atoms with Crippen LogP contribution in [0, 0.1) is 11.3 Å². The molecule has 33 heavy (non-hydrogen) atoms.